The van der Waals surface area contributed by atoms with Gasteiger partial charge in [0.25, 0.3) is 5.91 Å². The fraction of sp³-hybridized carbons (Fsp3) is 0.143. The highest BCUT2D eigenvalue weighted by Gasteiger charge is 2.10. The molecule has 0 radical (unpaired) electrons. The zero-order valence-corrected chi connectivity index (χ0v) is 12.5. The Morgan fingerprint density at radius 2 is 2.05 bits per heavy atom. The van der Waals surface area contributed by atoms with Gasteiger partial charge < -0.3 is 10.1 Å². The van der Waals surface area contributed by atoms with Crippen LogP contribution >= 0.6 is 22.6 Å². The zero-order chi connectivity index (χ0) is 13.7. The SMILES string of the molecule is CCOc1cccnc1NC(=O)c1ccc(I)cc1. The first-order valence-electron chi connectivity index (χ1n) is 5.85. The molecule has 2 aromatic rings. The van der Waals surface area contributed by atoms with Crippen molar-refractivity contribution >= 4 is 34.3 Å². The highest BCUT2D eigenvalue weighted by molar-refractivity contribution is 14.1. The van der Waals surface area contributed by atoms with Gasteiger partial charge in [-0.1, -0.05) is 0 Å². The molecule has 0 atom stereocenters. The monoisotopic (exact) mass is 368 g/mol. The quantitative estimate of drug-likeness (QED) is 0.843. The van der Waals surface area contributed by atoms with E-state index in [9.17, 15) is 4.79 Å². The van der Waals surface area contributed by atoms with Crippen molar-refractivity contribution in [1.29, 1.82) is 0 Å². The fourth-order valence-electron chi connectivity index (χ4n) is 1.54. The molecule has 0 bridgehead atoms. The molecule has 0 saturated heterocycles. The van der Waals surface area contributed by atoms with E-state index >= 15 is 0 Å². The molecule has 1 heterocycles. The molecule has 0 aliphatic carbocycles. The maximum absolute atomic E-state index is 12.1. The number of hydrogen-bond acceptors (Lipinski definition) is 3. The summed E-state index contributed by atoms with van der Waals surface area (Å²) < 4.78 is 6.50. The summed E-state index contributed by atoms with van der Waals surface area (Å²) in [6.45, 7) is 2.41. The molecule has 1 amide bonds. The molecule has 1 aromatic heterocycles. The van der Waals surface area contributed by atoms with Gasteiger partial charge in [-0.25, -0.2) is 4.98 Å². The predicted molar refractivity (Wildman–Crippen MR) is 82.5 cm³/mol. The average molecular weight is 368 g/mol. The number of rotatable bonds is 4. The normalized spacial score (nSPS) is 10.0. The lowest BCUT2D eigenvalue weighted by Gasteiger charge is -2.10. The minimum absolute atomic E-state index is 0.198. The number of anilines is 1. The molecule has 1 N–H and O–H groups in total. The second kappa shape index (κ2) is 6.51. The van der Waals surface area contributed by atoms with E-state index < -0.39 is 0 Å². The number of nitrogens with one attached hydrogen (secondary N) is 1. The molecule has 5 heteroatoms. The van der Waals surface area contributed by atoms with Gasteiger partial charge >= 0.3 is 0 Å². The van der Waals surface area contributed by atoms with Gasteiger partial charge in [-0.3, -0.25) is 4.79 Å². The van der Waals surface area contributed by atoms with Crippen LogP contribution in [0.5, 0.6) is 5.75 Å². The molecule has 0 unspecified atom stereocenters. The average Bonchev–Trinajstić information content (AvgIpc) is 2.42. The van der Waals surface area contributed by atoms with E-state index in [1.807, 2.05) is 19.1 Å². The molecule has 1 aromatic carbocycles. The number of ether oxygens (including phenoxy) is 1. The van der Waals surface area contributed by atoms with E-state index in [0.717, 1.165) is 3.57 Å². The summed E-state index contributed by atoms with van der Waals surface area (Å²) in [5.41, 5.74) is 0.591. The molecule has 0 aliphatic heterocycles. The largest absolute Gasteiger partial charge is 0.490 e. The first-order valence-corrected chi connectivity index (χ1v) is 6.93. The van der Waals surface area contributed by atoms with Crippen molar-refractivity contribution in [3.05, 3.63) is 51.7 Å². The summed E-state index contributed by atoms with van der Waals surface area (Å²) in [6, 6.07) is 10.9. The molecular weight excluding hydrogens is 355 g/mol. The number of halogens is 1. The van der Waals surface area contributed by atoms with E-state index in [-0.39, 0.29) is 5.91 Å². The number of amides is 1. The van der Waals surface area contributed by atoms with Gasteiger partial charge in [0.15, 0.2) is 11.6 Å². The maximum atomic E-state index is 12.1. The van der Waals surface area contributed by atoms with Gasteiger partial charge in [0, 0.05) is 15.3 Å². The second-order valence-electron chi connectivity index (χ2n) is 3.74. The highest BCUT2D eigenvalue weighted by Crippen LogP contribution is 2.21. The van der Waals surface area contributed by atoms with E-state index in [1.54, 1.807) is 30.5 Å². The third-order valence-electron chi connectivity index (χ3n) is 2.41. The van der Waals surface area contributed by atoms with Crippen molar-refractivity contribution in [2.75, 3.05) is 11.9 Å². The number of hydrogen-bond donors (Lipinski definition) is 1. The van der Waals surface area contributed by atoms with Crippen LogP contribution in [0.1, 0.15) is 17.3 Å². The van der Waals surface area contributed by atoms with Crippen molar-refractivity contribution in [2.45, 2.75) is 6.92 Å². The lowest BCUT2D eigenvalue weighted by Crippen LogP contribution is -2.14. The first-order chi connectivity index (χ1) is 9.20. The van der Waals surface area contributed by atoms with Crippen LogP contribution in [-0.2, 0) is 0 Å². The molecular formula is C14H13IN2O2. The zero-order valence-electron chi connectivity index (χ0n) is 10.4. The summed E-state index contributed by atoms with van der Waals surface area (Å²) >= 11 is 2.20. The Labute approximate surface area is 125 Å². The fourth-order valence-corrected chi connectivity index (χ4v) is 1.90. The number of aromatic nitrogens is 1. The van der Waals surface area contributed by atoms with Crippen LogP contribution in [0.4, 0.5) is 5.82 Å². The van der Waals surface area contributed by atoms with E-state index in [4.69, 9.17) is 4.74 Å². The van der Waals surface area contributed by atoms with Crippen LogP contribution in [0.3, 0.4) is 0 Å². The lowest BCUT2D eigenvalue weighted by molar-refractivity contribution is 0.102. The second-order valence-corrected chi connectivity index (χ2v) is 4.99. The maximum Gasteiger partial charge on any atom is 0.256 e. The summed E-state index contributed by atoms with van der Waals surface area (Å²) in [5.74, 6) is 0.813. The number of pyridine rings is 1. The van der Waals surface area contributed by atoms with Crippen molar-refractivity contribution < 1.29 is 9.53 Å². The molecule has 0 spiro atoms. The van der Waals surface area contributed by atoms with E-state index in [2.05, 4.69) is 32.9 Å². The molecule has 2 rings (SSSR count). The van der Waals surface area contributed by atoms with Gasteiger partial charge in [0.05, 0.1) is 6.61 Å². The van der Waals surface area contributed by atoms with Crippen molar-refractivity contribution in [3.63, 3.8) is 0 Å². The standard InChI is InChI=1S/C14H13IN2O2/c1-2-19-12-4-3-9-16-13(12)17-14(18)10-5-7-11(15)8-6-10/h3-9H,2H2,1H3,(H,16,17,18). The van der Waals surface area contributed by atoms with Crippen LogP contribution in [0.2, 0.25) is 0 Å². The lowest BCUT2D eigenvalue weighted by atomic mass is 10.2. The Morgan fingerprint density at radius 3 is 2.74 bits per heavy atom. The van der Waals surface area contributed by atoms with Crippen LogP contribution in [0.15, 0.2) is 42.6 Å². The molecule has 0 fully saturated rings. The Bertz CT molecular complexity index is 570. The highest BCUT2D eigenvalue weighted by atomic mass is 127. The minimum atomic E-state index is -0.198. The molecule has 0 aliphatic rings. The molecule has 0 saturated carbocycles. The van der Waals surface area contributed by atoms with Gasteiger partial charge in [-0.15, -0.1) is 0 Å². The predicted octanol–water partition coefficient (Wildman–Crippen LogP) is 3.34. The van der Waals surface area contributed by atoms with Gasteiger partial charge in [0.1, 0.15) is 0 Å². The summed E-state index contributed by atoms with van der Waals surface area (Å²) in [7, 11) is 0. The third kappa shape index (κ3) is 3.66. The summed E-state index contributed by atoms with van der Waals surface area (Å²) in [6.07, 6.45) is 1.62. The van der Waals surface area contributed by atoms with Gasteiger partial charge in [-0.05, 0) is 65.9 Å². The van der Waals surface area contributed by atoms with E-state index in [0.29, 0.717) is 23.7 Å². The van der Waals surface area contributed by atoms with Crippen molar-refractivity contribution in [2.24, 2.45) is 0 Å². The number of benzene rings is 1. The molecule has 98 valence electrons. The van der Waals surface area contributed by atoms with Gasteiger partial charge in [0.2, 0.25) is 0 Å². The minimum Gasteiger partial charge on any atom is -0.490 e. The number of carbonyl (C=O) groups is 1. The Kier molecular flexibility index (Phi) is 4.73. The Hall–Kier alpha value is -1.63. The van der Waals surface area contributed by atoms with Crippen molar-refractivity contribution in [3.8, 4) is 5.75 Å². The smallest absolute Gasteiger partial charge is 0.256 e. The Morgan fingerprint density at radius 1 is 1.32 bits per heavy atom. The third-order valence-corrected chi connectivity index (χ3v) is 3.13. The van der Waals surface area contributed by atoms with Crippen LogP contribution in [0.25, 0.3) is 0 Å². The van der Waals surface area contributed by atoms with Gasteiger partial charge in [-0.2, -0.15) is 0 Å². The van der Waals surface area contributed by atoms with Crippen LogP contribution < -0.4 is 10.1 Å². The molecule has 4 nitrogen and oxygen atoms in total. The molecule has 19 heavy (non-hydrogen) atoms. The topological polar surface area (TPSA) is 51.2 Å². The Balaban J connectivity index is 2.16. The number of nitrogens with zero attached hydrogens (tertiary/aromatic N) is 1. The number of carbonyl (C=O) groups excluding carboxylic acids is 1. The first kappa shape index (κ1) is 13.8. The van der Waals surface area contributed by atoms with Crippen LogP contribution in [-0.4, -0.2) is 17.5 Å². The van der Waals surface area contributed by atoms with E-state index in [1.165, 1.54) is 0 Å². The van der Waals surface area contributed by atoms with Crippen LogP contribution in [0, 0.1) is 3.57 Å². The summed E-state index contributed by atoms with van der Waals surface area (Å²) in [5, 5.41) is 2.75. The summed E-state index contributed by atoms with van der Waals surface area (Å²) in [4.78, 5) is 16.2. The van der Waals surface area contributed by atoms with Crippen molar-refractivity contribution in [1.82, 2.24) is 4.98 Å².